The fourth-order valence-corrected chi connectivity index (χ4v) is 3.29. The van der Waals surface area contributed by atoms with Gasteiger partial charge < -0.3 is 24.7 Å². The summed E-state index contributed by atoms with van der Waals surface area (Å²) in [6.45, 7) is 4.54. The van der Waals surface area contributed by atoms with Gasteiger partial charge in [-0.3, -0.25) is 4.79 Å². The molecule has 0 spiro atoms. The third-order valence-electron chi connectivity index (χ3n) is 4.98. The number of nitrogens with zero attached hydrogens (tertiary/aromatic N) is 3. The summed E-state index contributed by atoms with van der Waals surface area (Å²) in [7, 11) is 0. The number of hydrogen-bond donors (Lipinski definition) is 3. The number of aryl methyl sites for hydroxylation is 2. The van der Waals surface area contributed by atoms with E-state index in [2.05, 4.69) is 17.2 Å². The van der Waals surface area contributed by atoms with Crippen LogP contribution in [0.3, 0.4) is 0 Å². The van der Waals surface area contributed by atoms with Gasteiger partial charge in [-0.2, -0.15) is 0 Å². The largest absolute Gasteiger partial charge is 0.508 e. The zero-order chi connectivity index (χ0) is 21.7. The van der Waals surface area contributed by atoms with E-state index < -0.39 is 5.97 Å². The molecule has 0 atom stereocenters. The number of carbonyl (C=O) groups excluding carboxylic acids is 1. The molecule has 2 aromatic heterocycles. The van der Waals surface area contributed by atoms with Crippen molar-refractivity contribution in [1.82, 2.24) is 14.1 Å². The van der Waals surface area contributed by atoms with Crippen LogP contribution in [0.15, 0.2) is 43.0 Å². The normalized spacial score (nSPS) is 10.9. The van der Waals surface area contributed by atoms with Gasteiger partial charge in [0, 0.05) is 36.7 Å². The van der Waals surface area contributed by atoms with Gasteiger partial charge in [0.05, 0.1) is 17.7 Å². The monoisotopic (exact) mass is 410 g/mol. The number of anilines is 1. The van der Waals surface area contributed by atoms with E-state index in [1.165, 1.54) is 0 Å². The van der Waals surface area contributed by atoms with Crippen LogP contribution in [0.4, 0.5) is 5.69 Å². The maximum Gasteiger partial charge on any atom is 0.339 e. The first-order valence-electron chi connectivity index (χ1n) is 9.94. The summed E-state index contributed by atoms with van der Waals surface area (Å²) in [4.78, 5) is 28.4. The molecule has 0 fully saturated rings. The molecule has 3 N–H and O–H groups in total. The molecule has 30 heavy (non-hydrogen) atoms. The predicted octanol–water partition coefficient (Wildman–Crippen LogP) is 3.76. The molecular formula is C22H26N4O4. The number of aromatic nitrogens is 3. The molecule has 2 heterocycles. The first-order chi connectivity index (χ1) is 14.4. The Hall–Kier alpha value is -3.55. The van der Waals surface area contributed by atoms with Crippen molar-refractivity contribution in [2.75, 3.05) is 5.32 Å². The summed E-state index contributed by atoms with van der Waals surface area (Å²) in [5, 5.41) is 21.7. The van der Waals surface area contributed by atoms with Gasteiger partial charge >= 0.3 is 5.97 Å². The number of benzene rings is 1. The Balaban J connectivity index is 1.64. The average molecular weight is 410 g/mol. The lowest BCUT2D eigenvalue weighted by Crippen LogP contribution is -2.14. The lowest BCUT2D eigenvalue weighted by Gasteiger charge is -2.04. The van der Waals surface area contributed by atoms with Crippen LogP contribution in [0, 0.1) is 6.92 Å². The Morgan fingerprint density at radius 3 is 2.57 bits per heavy atom. The number of aromatic hydroxyl groups is 1. The summed E-state index contributed by atoms with van der Waals surface area (Å²) >= 11 is 0. The molecule has 0 radical (unpaired) electrons. The number of carbonyl (C=O) groups is 2. The summed E-state index contributed by atoms with van der Waals surface area (Å²) in [5.74, 6) is -1.12. The van der Waals surface area contributed by atoms with E-state index in [1.807, 2.05) is 15.3 Å². The van der Waals surface area contributed by atoms with Gasteiger partial charge in [0.1, 0.15) is 11.3 Å². The number of hydrogen-bond acceptors (Lipinski definition) is 4. The second-order valence-electron chi connectivity index (χ2n) is 7.19. The fourth-order valence-electron chi connectivity index (χ4n) is 3.29. The number of aromatic carboxylic acids is 1. The number of amides is 1. The number of phenolic OH excluding ortho intramolecular Hbond substituents is 1. The zero-order valence-corrected chi connectivity index (χ0v) is 17.1. The molecule has 0 unspecified atom stereocenters. The minimum atomic E-state index is -1.05. The number of carboxylic acids is 1. The van der Waals surface area contributed by atoms with Crippen molar-refractivity contribution in [3.63, 3.8) is 0 Å². The van der Waals surface area contributed by atoms with E-state index >= 15 is 0 Å². The number of phenols is 1. The highest BCUT2D eigenvalue weighted by Crippen LogP contribution is 2.23. The fraction of sp³-hybridized carbons (Fsp3) is 0.318. The molecule has 3 rings (SSSR count). The molecule has 3 aromatic rings. The standard InChI is InChI=1S/C22H26N4O4/c1-3-4-11-25-13-19(21(15(25)2)22(29)30)24-20(28)10-5-16-12-26(14-23-16)17-6-8-18(27)9-7-17/h6-9,12-14,27H,3-5,10-11H2,1-2H3,(H,24,28)(H,29,30). The van der Waals surface area contributed by atoms with Crippen LogP contribution in [-0.2, 0) is 17.8 Å². The maximum atomic E-state index is 12.4. The smallest absolute Gasteiger partial charge is 0.339 e. The summed E-state index contributed by atoms with van der Waals surface area (Å²) in [5.41, 5.74) is 2.70. The molecule has 1 aromatic carbocycles. The zero-order valence-electron chi connectivity index (χ0n) is 17.1. The van der Waals surface area contributed by atoms with Gasteiger partial charge in [0.25, 0.3) is 0 Å². The van der Waals surface area contributed by atoms with Crippen molar-refractivity contribution in [2.24, 2.45) is 0 Å². The lowest BCUT2D eigenvalue weighted by atomic mass is 10.2. The van der Waals surface area contributed by atoms with Crippen LogP contribution in [0.25, 0.3) is 5.69 Å². The Kier molecular flexibility index (Phi) is 6.56. The van der Waals surface area contributed by atoms with E-state index in [0.29, 0.717) is 24.3 Å². The van der Waals surface area contributed by atoms with Crippen LogP contribution in [0.1, 0.15) is 47.9 Å². The van der Waals surface area contributed by atoms with E-state index in [9.17, 15) is 19.8 Å². The van der Waals surface area contributed by atoms with Crippen molar-refractivity contribution in [1.29, 1.82) is 0 Å². The Morgan fingerprint density at radius 2 is 1.90 bits per heavy atom. The molecule has 0 aliphatic rings. The molecule has 1 amide bonds. The number of rotatable bonds is 9. The van der Waals surface area contributed by atoms with Gasteiger partial charge in [-0.15, -0.1) is 0 Å². The third kappa shape index (κ3) is 4.89. The average Bonchev–Trinajstić information content (AvgIpc) is 3.30. The second-order valence-corrected chi connectivity index (χ2v) is 7.19. The molecule has 158 valence electrons. The van der Waals surface area contributed by atoms with Crippen molar-refractivity contribution < 1.29 is 19.8 Å². The third-order valence-corrected chi connectivity index (χ3v) is 4.98. The summed E-state index contributed by atoms with van der Waals surface area (Å²) < 4.78 is 3.69. The molecule has 0 saturated carbocycles. The summed E-state index contributed by atoms with van der Waals surface area (Å²) in [6.07, 6.45) is 7.73. The molecule has 0 aliphatic carbocycles. The molecule has 0 saturated heterocycles. The number of nitrogens with one attached hydrogen (secondary N) is 1. The van der Waals surface area contributed by atoms with Crippen molar-refractivity contribution in [3.05, 3.63) is 59.9 Å². The quantitative estimate of drug-likeness (QED) is 0.498. The number of imidazole rings is 1. The Bertz CT molecular complexity index is 1030. The molecular weight excluding hydrogens is 384 g/mol. The highest BCUT2D eigenvalue weighted by atomic mass is 16.4. The molecule has 0 aliphatic heterocycles. The maximum absolute atomic E-state index is 12.4. The van der Waals surface area contributed by atoms with E-state index in [0.717, 1.165) is 24.2 Å². The highest BCUT2D eigenvalue weighted by Gasteiger charge is 2.20. The first kappa shape index (κ1) is 21.2. The van der Waals surface area contributed by atoms with Crippen LogP contribution < -0.4 is 5.32 Å². The topological polar surface area (TPSA) is 109 Å². The van der Waals surface area contributed by atoms with Gasteiger partial charge in [0.15, 0.2) is 0 Å². The molecule has 8 heteroatoms. The SMILES string of the molecule is CCCCn1cc(NC(=O)CCc2cn(-c3ccc(O)cc3)cn2)c(C(=O)O)c1C. The van der Waals surface area contributed by atoms with Crippen LogP contribution in [0.2, 0.25) is 0 Å². The van der Waals surface area contributed by atoms with Gasteiger partial charge in [0.2, 0.25) is 5.91 Å². The molecule has 0 bridgehead atoms. The van der Waals surface area contributed by atoms with E-state index in [-0.39, 0.29) is 23.6 Å². The van der Waals surface area contributed by atoms with Crippen molar-refractivity contribution >= 4 is 17.6 Å². The van der Waals surface area contributed by atoms with E-state index in [4.69, 9.17) is 0 Å². The molecule has 8 nitrogen and oxygen atoms in total. The second kappa shape index (κ2) is 9.30. The van der Waals surface area contributed by atoms with Crippen LogP contribution in [-0.4, -0.2) is 36.2 Å². The minimum absolute atomic E-state index is 0.135. The first-order valence-corrected chi connectivity index (χ1v) is 9.94. The number of carboxylic acid groups (broad SMARTS) is 1. The highest BCUT2D eigenvalue weighted by molar-refractivity contribution is 6.01. The lowest BCUT2D eigenvalue weighted by molar-refractivity contribution is -0.116. The van der Waals surface area contributed by atoms with Crippen molar-refractivity contribution in [2.45, 2.75) is 46.1 Å². The predicted molar refractivity (Wildman–Crippen MR) is 113 cm³/mol. The van der Waals surface area contributed by atoms with Gasteiger partial charge in [-0.05, 0) is 44.0 Å². The van der Waals surface area contributed by atoms with E-state index in [1.54, 1.807) is 43.7 Å². The van der Waals surface area contributed by atoms with Gasteiger partial charge in [-0.25, -0.2) is 9.78 Å². The van der Waals surface area contributed by atoms with Crippen LogP contribution >= 0.6 is 0 Å². The minimum Gasteiger partial charge on any atom is -0.508 e. The summed E-state index contributed by atoms with van der Waals surface area (Å²) in [6, 6.07) is 6.73. The van der Waals surface area contributed by atoms with Gasteiger partial charge in [-0.1, -0.05) is 13.3 Å². The number of unbranched alkanes of at least 4 members (excludes halogenated alkanes) is 1. The van der Waals surface area contributed by atoms with Crippen molar-refractivity contribution in [3.8, 4) is 11.4 Å². The Morgan fingerprint density at radius 1 is 1.17 bits per heavy atom. The van der Waals surface area contributed by atoms with Crippen LogP contribution in [0.5, 0.6) is 5.75 Å². The Labute approximate surface area is 174 Å².